The van der Waals surface area contributed by atoms with Gasteiger partial charge in [-0.05, 0) is 34.9 Å². The number of hydrogen-bond donors (Lipinski definition) is 0. The van der Waals surface area contributed by atoms with Crippen LogP contribution in [0.4, 0.5) is 0 Å². The zero-order valence-corrected chi connectivity index (χ0v) is 14.0. The first-order valence-corrected chi connectivity index (χ1v) is 8.08. The lowest BCUT2D eigenvalue weighted by atomic mass is 9.72. The van der Waals surface area contributed by atoms with Crippen molar-refractivity contribution in [2.45, 2.75) is 46.5 Å². The molecule has 1 aromatic rings. The van der Waals surface area contributed by atoms with E-state index in [1.165, 1.54) is 0 Å². The van der Waals surface area contributed by atoms with Crippen molar-refractivity contribution in [2.75, 3.05) is 7.11 Å². The molecule has 0 aliphatic rings. The van der Waals surface area contributed by atoms with E-state index >= 15 is 0 Å². The van der Waals surface area contributed by atoms with Gasteiger partial charge in [-0.3, -0.25) is 4.57 Å². The Bertz CT molecular complexity index is 486. The molecule has 0 aliphatic heterocycles. The van der Waals surface area contributed by atoms with Gasteiger partial charge in [0.2, 0.25) is 0 Å². The molecule has 0 spiro atoms. The van der Waals surface area contributed by atoms with Gasteiger partial charge in [-0.15, -0.1) is 0 Å². The lowest BCUT2D eigenvalue weighted by Gasteiger charge is -2.33. The number of hydrogen-bond acceptors (Lipinski definition) is 4. The first-order valence-electron chi connectivity index (χ1n) is 6.62. The van der Waals surface area contributed by atoms with Crippen molar-refractivity contribution >= 4 is 7.82 Å². The highest BCUT2D eigenvalue weighted by Gasteiger charge is 2.27. The standard InChI is InChI=1S/C15H25O4P/c1-14(2,3)11-15(4,5)12-7-9-13(10-8-12)19-20(16,17)18-6/h7-10H,11H2,1-6H3,(H,16,17)/p-1. The first kappa shape index (κ1) is 17.2. The third-order valence-electron chi connectivity index (χ3n) is 3.05. The van der Waals surface area contributed by atoms with Crippen molar-refractivity contribution in [2.24, 2.45) is 5.41 Å². The molecule has 0 fully saturated rings. The summed E-state index contributed by atoms with van der Waals surface area (Å²) in [6.45, 7) is 11.0. The maximum absolute atomic E-state index is 11.2. The van der Waals surface area contributed by atoms with E-state index in [0.717, 1.165) is 19.1 Å². The fourth-order valence-electron chi connectivity index (χ4n) is 2.56. The van der Waals surface area contributed by atoms with Gasteiger partial charge < -0.3 is 13.9 Å². The van der Waals surface area contributed by atoms with Crippen LogP contribution in [0.1, 0.15) is 46.6 Å². The van der Waals surface area contributed by atoms with Crippen LogP contribution in [-0.4, -0.2) is 7.11 Å². The summed E-state index contributed by atoms with van der Waals surface area (Å²) in [6, 6.07) is 7.11. The molecule has 0 saturated heterocycles. The van der Waals surface area contributed by atoms with Crippen molar-refractivity contribution in [1.82, 2.24) is 0 Å². The summed E-state index contributed by atoms with van der Waals surface area (Å²) in [5, 5.41) is 0. The Hall–Kier alpha value is -0.830. The summed E-state index contributed by atoms with van der Waals surface area (Å²) in [5.74, 6) is 0.264. The van der Waals surface area contributed by atoms with Crippen molar-refractivity contribution in [3.05, 3.63) is 29.8 Å². The third-order valence-corrected chi connectivity index (χ3v) is 3.93. The van der Waals surface area contributed by atoms with E-state index in [1.807, 2.05) is 12.1 Å². The van der Waals surface area contributed by atoms with Crippen LogP contribution >= 0.6 is 7.82 Å². The molecule has 0 N–H and O–H groups in total. The topological polar surface area (TPSA) is 58.6 Å². The maximum Gasteiger partial charge on any atom is 0.319 e. The summed E-state index contributed by atoms with van der Waals surface area (Å²) < 4.78 is 20.3. The van der Waals surface area contributed by atoms with Crippen LogP contribution < -0.4 is 9.42 Å². The molecule has 1 unspecified atom stereocenters. The first-order chi connectivity index (χ1) is 8.95. The van der Waals surface area contributed by atoms with Gasteiger partial charge in [-0.1, -0.05) is 46.8 Å². The monoisotopic (exact) mass is 299 g/mol. The number of phosphoric acid groups is 1. The number of benzene rings is 1. The normalized spacial score (nSPS) is 15.8. The fourth-order valence-corrected chi connectivity index (χ4v) is 3.02. The Morgan fingerprint density at radius 1 is 1.10 bits per heavy atom. The van der Waals surface area contributed by atoms with Crippen LogP contribution in [-0.2, 0) is 14.5 Å². The van der Waals surface area contributed by atoms with Gasteiger partial charge in [0.15, 0.2) is 0 Å². The molecule has 114 valence electrons. The lowest BCUT2D eigenvalue weighted by molar-refractivity contribution is -0.214. The fraction of sp³-hybridized carbons (Fsp3) is 0.600. The molecule has 1 atom stereocenters. The van der Waals surface area contributed by atoms with Crippen molar-refractivity contribution in [3.8, 4) is 5.75 Å². The average molecular weight is 299 g/mol. The zero-order chi connectivity index (χ0) is 15.6. The Balaban J connectivity index is 2.88. The molecule has 0 saturated carbocycles. The Kier molecular flexibility index (Phi) is 5.07. The van der Waals surface area contributed by atoms with Gasteiger partial charge in [-0.25, -0.2) is 0 Å². The molecule has 1 rings (SSSR count). The molecule has 0 bridgehead atoms. The molecule has 0 amide bonds. The predicted molar refractivity (Wildman–Crippen MR) is 78.8 cm³/mol. The quantitative estimate of drug-likeness (QED) is 0.774. The summed E-state index contributed by atoms with van der Waals surface area (Å²) in [5.41, 5.74) is 1.39. The van der Waals surface area contributed by atoms with E-state index in [4.69, 9.17) is 4.52 Å². The van der Waals surface area contributed by atoms with Crippen LogP contribution in [0.15, 0.2) is 24.3 Å². The third kappa shape index (κ3) is 5.28. The predicted octanol–water partition coefficient (Wildman–Crippen LogP) is 3.89. The SMILES string of the molecule is COP(=O)([O-])Oc1ccc(C(C)(C)CC(C)(C)C)cc1. The van der Waals surface area contributed by atoms with E-state index in [2.05, 4.69) is 39.1 Å². The maximum atomic E-state index is 11.2. The van der Waals surface area contributed by atoms with E-state index < -0.39 is 7.82 Å². The second-order valence-corrected chi connectivity index (χ2v) is 8.31. The van der Waals surface area contributed by atoms with Gasteiger partial charge in [0.05, 0.1) is 0 Å². The summed E-state index contributed by atoms with van der Waals surface area (Å²) in [4.78, 5) is 11.2. The van der Waals surface area contributed by atoms with Gasteiger partial charge in [0.1, 0.15) is 5.75 Å². The number of phosphoric ester groups is 1. The molecule has 0 radical (unpaired) electrons. The molecular formula is C15H24O4P-. The van der Waals surface area contributed by atoms with Gasteiger partial charge in [-0.2, -0.15) is 0 Å². The second kappa shape index (κ2) is 5.88. The van der Waals surface area contributed by atoms with Crippen molar-refractivity contribution in [3.63, 3.8) is 0 Å². The van der Waals surface area contributed by atoms with Crippen molar-refractivity contribution < 1.29 is 18.5 Å². The molecule has 0 aromatic heterocycles. The summed E-state index contributed by atoms with van der Waals surface area (Å²) >= 11 is 0. The minimum absolute atomic E-state index is 0.0131. The Labute approximate surface area is 121 Å². The average Bonchev–Trinajstić information content (AvgIpc) is 2.26. The van der Waals surface area contributed by atoms with E-state index in [1.54, 1.807) is 12.1 Å². The molecular weight excluding hydrogens is 275 g/mol. The molecule has 20 heavy (non-hydrogen) atoms. The van der Waals surface area contributed by atoms with Gasteiger partial charge in [0, 0.05) is 7.11 Å². The minimum atomic E-state index is -4.23. The van der Waals surface area contributed by atoms with Crippen LogP contribution in [0.2, 0.25) is 0 Å². The highest BCUT2D eigenvalue weighted by atomic mass is 31.2. The van der Waals surface area contributed by atoms with Crippen LogP contribution in [0.5, 0.6) is 5.75 Å². The van der Waals surface area contributed by atoms with Crippen LogP contribution in [0.3, 0.4) is 0 Å². The molecule has 5 heteroatoms. The Morgan fingerprint density at radius 3 is 2.00 bits per heavy atom. The Morgan fingerprint density at radius 2 is 1.60 bits per heavy atom. The minimum Gasteiger partial charge on any atom is -0.746 e. The highest BCUT2D eigenvalue weighted by Crippen LogP contribution is 2.40. The van der Waals surface area contributed by atoms with Gasteiger partial charge >= 0.3 is 7.82 Å². The van der Waals surface area contributed by atoms with E-state index in [9.17, 15) is 9.46 Å². The summed E-state index contributed by atoms with van der Waals surface area (Å²) in [7, 11) is -3.16. The second-order valence-electron chi connectivity index (χ2n) is 6.87. The number of rotatable bonds is 5. The van der Waals surface area contributed by atoms with Gasteiger partial charge in [0.25, 0.3) is 0 Å². The molecule has 0 aliphatic carbocycles. The lowest BCUT2D eigenvalue weighted by Crippen LogP contribution is -2.24. The molecule has 4 nitrogen and oxygen atoms in total. The van der Waals surface area contributed by atoms with E-state index in [0.29, 0.717) is 0 Å². The smallest absolute Gasteiger partial charge is 0.319 e. The van der Waals surface area contributed by atoms with Crippen molar-refractivity contribution in [1.29, 1.82) is 0 Å². The van der Waals surface area contributed by atoms with Crippen LogP contribution in [0, 0.1) is 5.41 Å². The van der Waals surface area contributed by atoms with Crippen LogP contribution in [0.25, 0.3) is 0 Å². The largest absolute Gasteiger partial charge is 0.746 e. The molecule has 0 heterocycles. The molecule has 1 aromatic carbocycles. The summed E-state index contributed by atoms with van der Waals surface area (Å²) in [6.07, 6.45) is 1.03. The van der Waals surface area contributed by atoms with E-state index in [-0.39, 0.29) is 16.6 Å². The zero-order valence-electron chi connectivity index (χ0n) is 13.1. The highest BCUT2D eigenvalue weighted by molar-refractivity contribution is 7.46.